The number of benzene rings is 1. The van der Waals surface area contributed by atoms with Crippen LogP contribution in [-0.4, -0.2) is 5.97 Å². The van der Waals surface area contributed by atoms with Gasteiger partial charge in [0.15, 0.2) is 6.10 Å². The van der Waals surface area contributed by atoms with Gasteiger partial charge < -0.3 is 9.15 Å². The summed E-state index contributed by atoms with van der Waals surface area (Å²) in [5.41, 5.74) is 3.65. The molecular formula is C18H18O3. The molecule has 3 nitrogen and oxygen atoms in total. The number of esters is 1. The van der Waals surface area contributed by atoms with Gasteiger partial charge in [0.25, 0.3) is 0 Å². The Kier molecular flexibility index (Phi) is 3.65. The molecule has 1 unspecified atom stereocenters. The number of carbonyl (C=O) groups excluding carboxylic acids is 1. The standard InChI is InChI=1S/C18H18O3/c1-3-7-15-16(14-10-12(2)20-11-14)17(21-18(15)19)13-8-5-4-6-9-13/h4-6,8-11,17H,3,7H2,1-2H3. The van der Waals surface area contributed by atoms with Crippen molar-refractivity contribution in [2.24, 2.45) is 0 Å². The molecular weight excluding hydrogens is 264 g/mol. The SMILES string of the molecule is CCCC1=C(c2coc(C)c2)C(c2ccccc2)OC1=O. The molecule has 21 heavy (non-hydrogen) atoms. The Balaban J connectivity index is 2.11. The predicted molar refractivity (Wildman–Crippen MR) is 80.5 cm³/mol. The van der Waals surface area contributed by atoms with E-state index in [1.165, 1.54) is 0 Å². The zero-order valence-electron chi connectivity index (χ0n) is 12.3. The number of carbonyl (C=O) groups is 1. The number of aryl methyl sites for hydroxylation is 1. The van der Waals surface area contributed by atoms with Crippen LogP contribution in [0.15, 0.2) is 52.7 Å². The molecule has 108 valence electrons. The van der Waals surface area contributed by atoms with Crippen molar-refractivity contribution >= 4 is 11.5 Å². The van der Waals surface area contributed by atoms with Crippen molar-refractivity contribution in [2.45, 2.75) is 32.8 Å². The van der Waals surface area contributed by atoms with Gasteiger partial charge in [0.05, 0.1) is 6.26 Å². The summed E-state index contributed by atoms with van der Waals surface area (Å²) in [5, 5.41) is 0. The van der Waals surface area contributed by atoms with Gasteiger partial charge in [-0.3, -0.25) is 0 Å². The van der Waals surface area contributed by atoms with Crippen LogP contribution < -0.4 is 0 Å². The highest BCUT2D eigenvalue weighted by Crippen LogP contribution is 2.43. The largest absolute Gasteiger partial charge is 0.469 e. The quantitative estimate of drug-likeness (QED) is 0.778. The van der Waals surface area contributed by atoms with Crippen LogP contribution in [0.4, 0.5) is 0 Å². The maximum Gasteiger partial charge on any atom is 0.335 e. The van der Waals surface area contributed by atoms with Crippen LogP contribution in [0.25, 0.3) is 5.57 Å². The van der Waals surface area contributed by atoms with Crippen molar-refractivity contribution < 1.29 is 13.9 Å². The minimum absolute atomic E-state index is 0.209. The van der Waals surface area contributed by atoms with E-state index >= 15 is 0 Å². The Morgan fingerprint density at radius 2 is 1.95 bits per heavy atom. The van der Waals surface area contributed by atoms with E-state index in [-0.39, 0.29) is 12.1 Å². The molecule has 1 aromatic heterocycles. The second-order valence-corrected chi connectivity index (χ2v) is 5.28. The van der Waals surface area contributed by atoms with Gasteiger partial charge in [-0.1, -0.05) is 43.7 Å². The molecule has 0 radical (unpaired) electrons. The zero-order chi connectivity index (χ0) is 14.8. The molecule has 1 atom stereocenters. The van der Waals surface area contributed by atoms with Crippen LogP contribution >= 0.6 is 0 Å². The number of ether oxygens (including phenoxy) is 1. The molecule has 2 aromatic rings. The fourth-order valence-corrected chi connectivity index (χ4v) is 2.76. The summed E-state index contributed by atoms with van der Waals surface area (Å²) in [6.45, 7) is 3.97. The van der Waals surface area contributed by atoms with Crippen LogP contribution in [0.2, 0.25) is 0 Å². The van der Waals surface area contributed by atoms with Crippen molar-refractivity contribution in [2.75, 3.05) is 0 Å². The topological polar surface area (TPSA) is 39.4 Å². The van der Waals surface area contributed by atoms with E-state index in [1.807, 2.05) is 43.3 Å². The highest BCUT2D eigenvalue weighted by molar-refractivity contribution is 6.03. The van der Waals surface area contributed by atoms with Gasteiger partial charge >= 0.3 is 5.97 Å². The highest BCUT2D eigenvalue weighted by Gasteiger charge is 2.35. The van der Waals surface area contributed by atoms with Crippen LogP contribution in [-0.2, 0) is 9.53 Å². The summed E-state index contributed by atoms with van der Waals surface area (Å²) < 4.78 is 11.1. The summed E-state index contributed by atoms with van der Waals surface area (Å²) in [5.74, 6) is 0.624. The summed E-state index contributed by atoms with van der Waals surface area (Å²) in [4.78, 5) is 12.2. The maximum absolute atomic E-state index is 12.2. The fraction of sp³-hybridized carbons (Fsp3) is 0.278. The molecule has 3 heteroatoms. The normalized spacial score (nSPS) is 18.2. The molecule has 0 spiro atoms. The molecule has 1 aliphatic heterocycles. The summed E-state index contributed by atoms with van der Waals surface area (Å²) in [7, 11) is 0. The van der Waals surface area contributed by atoms with Crippen molar-refractivity contribution in [3.8, 4) is 0 Å². The molecule has 0 saturated carbocycles. The molecule has 0 amide bonds. The smallest absolute Gasteiger partial charge is 0.335 e. The summed E-state index contributed by atoms with van der Waals surface area (Å²) >= 11 is 0. The fourth-order valence-electron chi connectivity index (χ4n) is 2.76. The summed E-state index contributed by atoms with van der Waals surface area (Å²) in [6, 6.07) is 11.8. The number of furan rings is 1. The molecule has 1 aromatic carbocycles. The minimum atomic E-state index is -0.336. The molecule has 0 fully saturated rings. The number of hydrogen-bond acceptors (Lipinski definition) is 3. The Bertz CT molecular complexity index is 679. The molecule has 2 heterocycles. The molecule has 0 bridgehead atoms. The van der Waals surface area contributed by atoms with E-state index in [2.05, 4.69) is 6.92 Å². The van der Waals surface area contributed by atoms with E-state index in [0.29, 0.717) is 0 Å². The van der Waals surface area contributed by atoms with Gasteiger partial charge in [0.2, 0.25) is 0 Å². The number of rotatable bonds is 4. The van der Waals surface area contributed by atoms with E-state index in [0.717, 1.165) is 40.9 Å². The Hall–Kier alpha value is -2.29. The van der Waals surface area contributed by atoms with Crippen LogP contribution in [0, 0.1) is 6.92 Å². The van der Waals surface area contributed by atoms with Crippen molar-refractivity contribution in [1.82, 2.24) is 0 Å². The minimum Gasteiger partial charge on any atom is -0.469 e. The lowest BCUT2D eigenvalue weighted by atomic mass is 9.93. The van der Waals surface area contributed by atoms with Crippen LogP contribution in [0.5, 0.6) is 0 Å². The van der Waals surface area contributed by atoms with Gasteiger partial charge in [-0.25, -0.2) is 4.79 Å². The number of hydrogen-bond donors (Lipinski definition) is 0. The maximum atomic E-state index is 12.2. The summed E-state index contributed by atoms with van der Waals surface area (Å²) in [6.07, 6.45) is 3.00. The van der Waals surface area contributed by atoms with Crippen LogP contribution in [0.3, 0.4) is 0 Å². The Labute approximate surface area is 124 Å². The first kappa shape index (κ1) is 13.7. The average Bonchev–Trinajstić information content (AvgIpc) is 3.05. The third kappa shape index (κ3) is 2.51. The lowest BCUT2D eigenvalue weighted by molar-refractivity contribution is -0.139. The molecule has 1 aliphatic rings. The zero-order valence-corrected chi connectivity index (χ0v) is 12.3. The second kappa shape index (κ2) is 5.60. The highest BCUT2D eigenvalue weighted by atomic mass is 16.5. The number of cyclic esters (lactones) is 1. The monoisotopic (exact) mass is 282 g/mol. The lowest BCUT2D eigenvalue weighted by Crippen LogP contribution is -2.03. The molecule has 0 saturated heterocycles. The molecule has 3 rings (SSSR count). The van der Waals surface area contributed by atoms with Gasteiger partial charge in [-0.15, -0.1) is 0 Å². The van der Waals surface area contributed by atoms with Crippen molar-refractivity contribution in [3.05, 3.63) is 65.1 Å². The predicted octanol–water partition coefficient (Wildman–Crippen LogP) is 4.44. The van der Waals surface area contributed by atoms with E-state index in [9.17, 15) is 4.79 Å². The van der Waals surface area contributed by atoms with Crippen molar-refractivity contribution in [1.29, 1.82) is 0 Å². The van der Waals surface area contributed by atoms with Gasteiger partial charge in [0, 0.05) is 16.7 Å². The lowest BCUT2D eigenvalue weighted by Gasteiger charge is -2.13. The average molecular weight is 282 g/mol. The third-order valence-electron chi connectivity index (χ3n) is 3.70. The second-order valence-electron chi connectivity index (χ2n) is 5.28. The Morgan fingerprint density at radius 3 is 2.57 bits per heavy atom. The van der Waals surface area contributed by atoms with E-state index in [1.54, 1.807) is 6.26 Å². The Morgan fingerprint density at radius 1 is 1.19 bits per heavy atom. The van der Waals surface area contributed by atoms with E-state index < -0.39 is 0 Å². The first-order valence-electron chi connectivity index (χ1n) is 7.25. The third-order valence-corrected chi connectivity index (χ3v) is 3.70. The van der Waals surface area contributed by atoms with E-state index in [4.69, 9.17) is 9.15 Å². The first-order valence-corrected chi connectivity index (χ1v) is 7.25. The van der Waals surface area contributed by atoms with Crippen molar-refractivity contribution in [3.63, 3.8) is 0 Å². The van der Waals surface area contributed by atoms with Gasteiger partial charge in [0.1, 0.15) is 5.76 Å². The molecule has 0 N–H and O–H groups in total. The first-order chi connectivity index (χ1) is 10.2. The molecule has 0 aliphatic carbocycles. The van der Waals surface area contributed by atoms with Gasteiger partial charge in [-0.2, -0.15) is 0 Å². The van der Waals surface area contributed by atoms with Gasteiger partial charge in [-0.05, 0) is 25.0 Å². The van der Waals surface area contributed by atoms with Crippen LogP contribution in [0.1, 0.15) is 42.8 Å².